The maximum absolute atomic E-state index is 14.1. The summed E-state index contributed by atoms with van der Waals surface area (Å²) in [7, 11) is 0. The Balaban J connectivity index is 2.38. The topological polar surface area (TPSA) is 64.1 Å². The Morgan fingerprint density at radius 1 is 1.50 bits per heavy atom. The molecule has 22 heavy (non-hydrogen) atoms. The second-order valence-corrected chi connectivity index (χ2v) is 4.63. The summed E-state index contributed by atoms with van der Waals surface area (Å²) < 4.78 is 19.4. The lowest BCUT2D eigenvalue weighted by atomic mass is 10.1. The van der Waals surface area contributed by atoms with Crippen LogP contribution < -0.4 is 5.32 Å². The van der Waals surface area contributed by atoms with Gasteiger partial charge in [0.1, 0.15) is 11.5 Å². The van der Waals surface area contributed by atoms with E-state index >= 15 is 0 Å². The molecule has 0 bridgehead atoms. The fourth-order valence-corrected chi connectivity index (χ4v) is 2.04. The zero-order chi connectivity index (χ0) is 15.9. The molecule has 0 fully saturated rings. The van der Waals surface area contributed by atoms with Crippen molar-refractivity contribution in [2.45, 2.75) is 6.10 Å². The monoisotopic (exact) mass is 321 g/mol. The van der Waals surface area contributed by atoms with Gasteiger partial charge in [0, 0.05) is 18.9 Å². The van der Waals surface area contributed by atoms with Crippen LogP contribution in [0, 0.1) is 5.82 Å². The second-order valence-electron chi connectivity index (χ2n) is 4.22. The predicted octanol–water partition coefficient (Wildman–Crippen LogP) is 3.27. The van der Waals surface area contributed by atoms with Gasteiger partial charge in [0.15, 0.2) is 6.10 Å². The van der Waals surface area contributed by atoms with Gasteiger partial charge in [-0.05, 0) is 12.1 Å². The third-order valence-corrected chi connectivity index (χ3v) is 3.06. The average Bonchev–Trinajstić information content (AvgIpc) is 2.52. The van der Waals surface area contributed by atoms with E-state index in [9.17, 15) is 9.18 Å². The fourth-order valence-electron chi connectivity index (χ4n) is 1.78. The number of amides is 1. The molecule has 1 heterocycles. The van der Waals surface area contributed by atoms with Crippen molar-refractivity contribution in [2.75, 3.05) is 6.54 Å². The molecule has 0 aliphatic rings. The van der Waals surface area contributed by atoms with Crippen LogP contribution in [0.5, 0.6) is 0 Å². The van der Waals surface area contributed by atoms with E-state index in [1.54, 1.807) is 0 Å². The van der Waals surface area contributed by atoms with Crippen molar-refractivity contribution in [3.8, 4) is 0 Å². The van der Waals surface area contributed by atoms with Crippen LogP contribution in [0.2, 0.25) is 5.02 Å². The summed E-state index contributed by atoms with van der Waals surface area (Å²) in [6.45, 7) is 3.70. The van der Waals surface area contributed by atoms with Crippen molar-refractivity contribution in [3.05, 3.63) is 71.5 Å². The van der Waals surface area contributed by atoms with E-state index < -0.39 is 18.0 Å². The van der Waals surface area contributed by atoms with Gasteiger partial charge in [-0.2, -0.15) is 0 Å². The predicted molar refractivity (Wildman–Crippen MR) is 80.0 cm³/mol. The molecule has 0 spiro atoms. The molecule has 0 saturated carbocycles. The first-order valence-corrected chi connectivity index (χ1v) is 6.76. The number of hydrogen-bond donors (Lipinski definition) is 1. The van der Waals surface area contributed by atoms with Crippen LogP contribution >= 0.6 is 11.6 Å². The molecular formula is C15H13ClFN3O2. The Morgan fingerprint density at radius 3 is 2.95 bits per heavy atom. The largest absolute Gasteiger partial charge is 0.435 e. The Labute approximate surface area is 131 Å². The summed E-state index contributed by atoms with van der Waals surface area (Å²) in [4.78, 5) is 19.7. The number of nitrogens with zero attached hydrogens (tertiary/aromatic N) is 2. The van der Waals surface area contributed by atoms with Crippen LogP contribution in [-0.2, 0) is 4.74 Å². The van der Waals surface area contributed by atoms with Gasteiger partial charge in [0.05, 0.1) is 16.8 Å². The molecule has 0 aliphatic carbocycles. The number of alkyl carbamates (subject to hydrolysis) is 1. The number of carbonyl (C=O) groups is 1. The van der Waals surface area contributed by atoms with Crippen molar-refractivity contribution in [1.29, 1.82) is 0 Å². The zero-order valence-corrected chi connectivity index (χ0v) is 12.3. The van der Waals surface area contributed by atoms with Gasteiger partial charge >= 0.3 is 6.09 Å². The van der Waals surface area contributed by atoms with Crippen LogP contribution in [0.15, 0.2) is 49.4 Å². The third-order valence-electron chi connectivity index (χ3n) is 2.73. The first kappa shape index (κ1) is 15.9. The molecule has 1 N–H and O–H groups in total. The molecule has 0 aliphatic heterocycles. The van der Waals surface area contributed by atoms with E-state index in [1.165, 1.54) is 42.9 Å². The van der Waals surface area contributed by atoms with Crippen LogP contribution in [-0.4, -0.2) is 22.6 Å². The fraction of sp³-hybridized carbons (Fsp3) is 0.133. The standard InChI is InChI=1S/C15H13ClFN3O2/c1-2-6-20-15(21)22-14(12-9-18-7-8-19-12)13-10(16)4-3-5-11(13)17/h2-5,7-9,14H,1,6H2,(H,20,21). The van der Waals surface area contributed by atoms with Crippen molar-refractivity contribution in [1.82, 2.24) is 15.3 Å². The quantitative estimate of drug-likeness (QED) is 0.858. The van der Waals surface area contributed by atoms with E-state index in [2.05, 4.69) is 21.9 Å². The minimum atomic E-state index is -1.10. The van der Waals surface area contributed by atoms with Gasteiger partial charge in [-0.25, -0.2) is 9.18 Å². The van der Waals surface area contributed by atoms with Gasteiger partial charge in [0.25, 0.3) is 0 Å². The number of carbonyl (C=O) groups excluding carboxylic acids is 1. The minimum Gasteiger partial charge on any atom is -0.435 e. The molecule has 5 nitrogen and oxygen atoms in total. The number of aromatic nitrogens is 2. The number of nitrogens with one attached hydrogen (secondary N) is 1. The molecule has 1 atom stereocenters. The Morgan fingerprint density at radius 2 is 2.32 bits per heavy atom. The highest BCUT2D eigenvalue weighted by atomic mass is 35.5. The summed E-state index contributed by atoms with van der Waals surface area (Å²) in [6, 6.07) is 4.20. The molecule has 0 saturated heterocycles. The van der Waals surface area contributed by atoms with Gasteiger partial charge in [-0.1, -0.05) is 23.7 Å². The first-order chi connectivity index (χ1) is 10.6. The molecule has 7 heteroatoms. The number of hydrogen-bond acceptors (Lipinski definition) is 4. The summed E-state index contributed by atoms with van der Waals surface area (Å²) in [6.07, 6.45) is 3.91. The molecule has 1 aromatic heterocycles. The van der Waals surface area contributed by atoms with Gasteiger partial charge in [-0.3, -0.25) is 9.97 Å². The van der Waals surface area contributed by atoms with Crippen LogP contribution in [0.1, 0.15) is 17.4 Å². The molecule has 114 valence electrons. The van der Waals surface area contributed by atoms with E-state index in [0.717, 1.165) is 0 Å². The maximum atomic E-state index is 14.1. The highest BCUT2D eigenvalue weighted by Crippen LogP contribution is 2.32. The molecule has 1 amide bonds. The Bertz CT molecular complexity index is 647. The molecule has 2 rings (SSSR count). The van der Waals surface area contributed by atoms with E-state index in [0.29, 0.717) is 0 Å². The van der Waals surface area contributed by atoms with E-state index in [-0.39, 0.29) is 22.8 Å². The second kappa shape index (κ2) is 7.51. The van der Waals surface area contributed by atoms with Gasteiger partial charge in [-0.15, -0.1) is 6.58 Å². The van der Waals surface area contributed by atoms with Crippen molar-refractivity contribution in [3.63, 3.8) is 0 Å². The van der Waals surface area contributed by atoms with Crippen molar-refractivity contribution < 1.29 is 13.9 Å². The summed E-state index contributed by atoms with van der Waals surface area (Å²) >= 11 is 6.05. The smallest absolute Gasteiger partial charge is 0.408 e. The highest BCUT2D eigenvalue weighted by molar-refractivity contribution is 6.31. The molecule has 2 aromatic rings. The van der Waals surface area contributed by atoms with Gasteiger partial charge < -0.3 is 10.1 Å². The maximum Gasteiger partial charge on any atom is 0.408 e. The van der Waals surface area contributed by atoms with Crippen LogP contribution in [0.3, 0.4) is 0 Å². The summed E-state index contributed by atoms with van der Waals surface area (Å²) in [5.74, 6) is -0.598. The molecule has 1 unspecified atom stereocenters. The summed E-state index contributed by atoms with van der Waals surface area (Å²) in [5.41, 5.74) is 0.293. The van der Waals surface area contributed by atoms with Gasteiger partial charge in [0.2, 0.25) is 0 Å². The third kappa shape index (κ3) is 3.79. The highest BCUT2D eigenvalue weighted by Gasteiger charge is 2.26. The average molecular weight is 322 g/mol. The number of rotatable bonds is 5. The lowest BCUT2D eigenvalue weighted by Crippen LogP contribution is -2.27. The zero-order valence-electron chi connectivity index (χ0n) is 11.5. The Kier molecular flexibility index (Phi) is 5.43. The lowest BCUT2D eigenvalue weighted by molar-refractivity contribution is 0.114. The lowest BCUT2D eigenvalue weighted by Gasteiger charge is -2.19. The van der Waals surface area contributed by atoms with Crippen molar-refractivity contribution >= 4 is 17.7 Å². The van der Waals surface area contributed by atoms with E-state index in [1.807, 2.05) is 0 Å². The van der Waals surface area contributed by atoms with Crippen molar-refractivity contribution in [2.24, 2.45) is 0 Å². The Hall–Kier alpha value is -2.47. The first-order valence-electron chi connectivity index (χ1n) is 6.38. The number of halogens is 2. The molecule has 0 radical (unpaired) electrons. The van der Waals surface area contributed by atoms with E-state index in [4.69, 9.17) is 16.3 Å². The number of benzene rings is 1. The van der Waals surface area contributed by atoms with Crippen LogP contribution in [0.4, 0.5) is 9.18 Å². The summed E-state index contributed by atoms with van der Waals surface area (Å²) in [5, 5.41) is 2.58. The molecular weight excluding hydrogens is 309 g/mol. The van der Waals surface area contributed by atoms with Crippen LogP contribution in [0.25, 0.3) is 0 Å². The minimum absolute atomic E-state index is 0.0263. The molecule has 1 aromatic carbocycles. The SMILES string of the molecule is C=CCNC(=O)OC(c1cnccn1)c1c(F)cccc1Cl. The normalized spacial score (nSPS) is 11.5. The number of ether oxygens (including phenoxy) is 1.